The molecule has 0 aliphatic heterocycles. The first-order chi connectivity index (χ1) is 8.59. The van der Waals surface area contributed by atoms with Crippen LogP contribution in [0.4, 0.5) is 0 Å². The maximum Gasteiger partial charge on any atom is 0.0283 e. The van der Waals surface area contributed by atoms with Crippen LogP contribution in [0.15, 0.2) is 0 Å². The molecule has 0 bridgehead atoms. The number of rotatable bonds is 8. The lowest BCUT2D eigenvalue weighted by atomic mass is 9.77. The molecule has 3 unspecified atom stereocenters. The summed E-state index contributed by atoms with van der Waals surface area (Å²) in [4.78, 5) is 0. The van der Waals surface area contributed by atoms with E-state index in [1.165, 1.54) is 51.4 Å². The average Bonchev–Trinajstić information content (AvgIpc) is 2.33. The molecule has 1 saturated carbocycles. The minimum atomic E-state index is 0.0702. The Balaban J connectivity index is 2.22. The van der Waals surface area contributed by atoms with Crippen molar-refractivity contribution in [2.75, 3.05) is 13.1 Å². The maximum atomic E-state index is 6.51. The zero-order chi connectivity index (χ0) is 13.4. The highest BCUT2D eigenvalue weighted by Gasteiger charge is 2.30. The van der Waals surface area contributed by atoms with Crippen LogP contribution in [0.1, 0.15) is 72.1 Å². The first kappa shape index (κ1) is 16.0. The molecule has 0 radical (unpaired) electrons. The molecule has 0 spiro atoms. The standard InChI is InChI=1S/C16H34N2/c1-4-6-9-15(5-2)12-18-13-16(17)10-7-8-14(3)11-16/h14-15,18H,4-13,17H2,1-3H3. The Bertz CT molecular complexity index is 217. The smallest absolute Gasteiger partial charge is 0.0283 e. The lowest BCUT2D eigenvalue weighted by molar-refractivity contribution is 0.225. The molecule has 108 valence electrons. The molecule has 2 heteroatoms. The van der Waals surface area contributed by atoms with Gasteiger partial charge in [0.15, 0.2) is 0 Å². The summed E-state index contributed by atoms with van der Waals surface area (Å²) in [5.74, 6) is 1.65. The summed E-state index contributed by atoms with van der Waals surface area (Å²) in [6.07, 6.45) is 10.4. The fraction of sp³-hybridized carbons (Fsp3) is 1.00. The second-order valence-electron chi connectivity index (χ2n) is 6.61. The number of nitrogens with one attached hydrogen (secondary N) is 1. The second-order valence-corrected chi connectivity index (χ2v) is 6.61. The van der Waals surface area contributed by atoms with Crippen LogP contribution >= 0.6 is 0 Å². The van der Waals surface area contributed by atoms with E-state index in [1.807, 2.05) is 0 Å². The predicted octanol–water partition coefficient (Wildman–Crippen LogP) is 3.70. The van der Waals surface area contributed by atoms with Gasteiger partial charge in [0.2, 0.25) is 0 Å². The summed E-state index contributed by atoms with van der Waals surface area (Å²) in [5.41, 5.74) is 6.58. The van der Waals surface area contributed by atoms with E-state index in [9.17, 15) is 0 Å². The van der Waals surface area contributed by atoms with Gasteiger partial charge in [-0.3, -0.25) is 0 Å². The van der Waals surface area contributed by atoms with Crippen molar-refractivity contribution < 1.29 is 0 Å². The van der Waals surface area contributed by atoms with Gasteiger partial charge in [-0.1, -0.05) is 52.9 Å². The molecule has 1 aliphatic carbocycles. The lowest BCUT2D eigenvalue weighted by Gasteiger charge is -2.37. The minimum Gasteiger partial charge on any atom is -0.324 e. The van der Waals surface area contributed by atoms with E-state index in [-0.39, 0.29) is 5.54 Å². The van der Waals surface area contributed by atoms with Crippen molar-refractivity contribution in [1.29, 1.82) is 0 Å². The van der Waals surface area contributed by atoms with Gasteiger partial charge in [0.1, 0.15) is 0 Å². The van der Waals surface area contributed by atoms with Crippen LogP contribution < -0.4 is 11.1 Å². The van der Waals surface area contributed by atoms with Crippen LogP contribution in [0.25, 0.3) is 0 Å². The van der Waals surface area contributed by atoms with Crippen molar-refractivity contribution in [2.24, 2.45) is 17.6 Å². The van der Waals surface area contributed by atoms with E-state index in [0.29, 0.717) is 0 Å². The first-order valence-electron chi connectivity index (χ1n) is 8.09. The molecule has 0 amide bonds. The molecule has 1 fully saturated rings. The third-order valence-corrected chi connectivity index (χ3v) is 4.58. The van der Waals surface area contributed by atoms with Crippen molar-refractivity contribution in [2.45, 2.75) is 77.7 Å². The Labute approximate surface area is 114 Å². The van der Waals surface area contributed by atoms with Gasteiger partial charge < -0.3 is 11.1 Å². The highest BCUT2D eigenvalue weighted by atomic mass is 14.9. The number of nitrogens with two attached hydrogens (primary N) is 1. The molecule has 0 heterocycles. The molecule has 3 atom stereocenters. The molecule has 1 aliphatic rings. The van der Waals surface area contributed by atoms with E-state index >= 15 is 0 Å². The Hall–Kier alpha value is -0.0800. The van der Waals surface area contributed by atoms with Crippen LogP contribution in [0.2, 0.25) is 0 Å². The Morgan fingerprint density at radius 1 is 1.39 bits per heavy atom. The Kier molecular flexibility index (Phi) is 7.25. The molecule has 3 N–H and O–H groups in total. The van der Waals surface area contributed by atoms with Gasteiger partial charge in [-0.15, -0.1) is 0 Å². The number of hydrogen-bond acceptors (Lipinski definition) is 2. The predicted molar refractivity (Wildman–Crippen MR) is 80.7 cm³/mol. The molecule has 0 aromatic heterocycles. The summed E-state index contributed by atoms with van der Waals surface area (Å²) < 4.78 is 0. The van der Waals surface area contributed by atoms with Crippen molar-refractivity contribution in [3.05, 3.63) is 0 Å². The number of hydrogen-bond donors (Lipinski definition) is 2. The van der Waals surface area contributed by atoms with Crippen molar-refractivity contribution in [3.63, 3.8) is 0 Å². The van der Waals surface area contributed by atoms with Gasteiger partial charge >= 0.3 is 0 Å². The van der Waals surface area contributed by atoms with E-state index < -0.39 is 0 Å². The molecular weight excluding hydrogens is 220 g/mol. The van der Waals surface area contributed by atoms with Gasteiger partial charge in [0.25, 0.3) is 0 Å². The summed E-state index contributed by atoms with van der Waals surface area (Å²) in [5, 5.41) is 3.65. The fourth-order valence-electron chi connectivity index (χ4n) is 3.33. The van der Waals surface area contributed by atoms with E-state index in [0.717, 1.165) is 24.9 Å². The third kappa shape index (κ3) is 5.71. The highest BCUT2D eigenvalue weighted by Crippen LogP contribution is 2.29. The third-order valence-electron chi connectivity index (χ3n) is 4.58. The summed E-state index contributed by atoms with van der Waals surface area (Å²) in [6.45, 7) is 9.10. The topological polar surface area (TPSA) is 38.0 Å². The van der Waals surface area contributed by atoms with Gasteiger partial charge in [-0.25, -0.2) is 0 Å². The van der Waals surface area contributed by atoms with Gasteiger partial charge in [-0.2, -0.15) is 0 Å². The number of unbranched alkanes of at least 4 members (excludes halogenated alkanes) is 1. The van der Waals surface area contributed by atoms with Crippen LogP contribution in [0, 0.1) is 11.8 Å². The average molecular weight is 254 g/mol. The molecule has 0 aromatic rings. The summed E-state index contributed by atoms with van der Waals surface area (Å²) >= 11 is 0. The largest absolute Gasteiger partial charge is 0.324 e. The Morgan fingerprint density at radius 2 is 2.17 bits per heavy atom. The van der Waals surface area contributed by atoms with Crippen LogP contribution in [-0.4, -0.2) is 18.6 Å². The van der Waals surface area contributed by atoms with Crippen molar-refractivity contribution in [1.82, 2.24) is 5.32 Å². The van der Waals surface area contributed by atoms with Crippen LogP contribution in [0.3, 0.4) is 0 Å². The molecule has 1 rings (SSSR count). The molecular formula is C16H34N2. The molecule has 0 saturated heterocycles. The highest BCUT2D eigenvalue weighted by molar-refractivity contribution is 4.91. The monoisotopic (exact) mass is 254 g/mol. The Morgan fingerprint density at radius 3 is 2.78 bits per heavy atom. The minimum absolute atomic E-state index is 0.0702. The first-order valence-corrected chi connectivity index (χ1v) is 8.09. The lowest BCUT2D eigenvalue weighted by Crippen LogP contribution is -2.52. The van der Waals surface area contributed by atoms with Crippen molar-refractivity contribution >= 4 is 0 Å². The van der Waals surface area contributed by atoms with E-state index in [1.54, 1.807) is 0 Å². The summed E-state index contributed by atoms with van der Waals surface area (Å²) in [7, 11) is 0. The quantitative estimate of drug-likeness (QED) is 0.693. The summed E-state index contributed by atoms with van der Waals surface area (Å²) in [6, 6.07) is 0. The second kappa shape index (κ2) is 8.16. The van der Waals surface area contributed by atoms with E-state index in [2.05, 4.69) is 26.1 Å². The zero-order valence-corrected chi connectivity index (χ0v) is 12.8. The van der Waals surface area contributed by atoms with Gasteiger partial charge in [0, 0.05) is 12.1 Å². The van der Waals surface area contributed by atoms with Gasteiger partial charge in [0.05, 0.1) is 0 Å². The fourth-order valence-corrected chi connectivity index (χ4v) is 3.33. The normalized spacial score (nSPS) is 30.3. The maximum absolute atomic E-state index is 6.51. The van der Waals surface area contributed by atoms with Crippen LogP contribution in [-0.2, 0) is 0 Å². The van der Waals surface area contributed by atoms with Crippen LogP contribution in [0.5, 0.6) is 0 Å². The zero-order valence-electron chi connectivity index (χ0n) is 12.8. The molecule has 0 aromatic carbocycles. The molecule has 18 heavy (non-hydrogen) atoms. The van der Waals surface area contributed by atoms with Crippen molar-refractivity contribution in [3.8, 4) is 0 Å². The SMILES string of the molecule is CCCCC(CC)CNCC1(N)CCCC(C)C1. The van der Waals surface area contributed by atoms with Gasteiger partial charge in [-0.05, 0) is 37.6 Å². The molecule has 2 nitrogen and oxygen atoms in total. The van der Waals surface area contributed by atoms with E-state index in [4.69, 9.17) is 5.73 Å².